The predicted octanol–water partition coefficient (Wildman–Crippen LogP) is 3.17. The van der Waals surface area contributed by atoms with Crippen molar-refractivity contribution in [3.8, 4) is 0 Å². The van der Waals surface area contributed by atoms with Gasteiger partial charge < -0.3 is 0 Å². The van der Waals surface area contributed by atoms with E-state index < -0.39 is 10.1 Å². The molecule has 0 aromatic heterocycles. The molecule has 0 atom stereocenters. The Morgan fingerprint density at radius 3 is 2.43 bits per heavy atom. The minimum Gasteiger partial charge on any atom is -0.290 e. The van der Waals surface area contributed by atoms with Gasteiger partial charge in [-0.3, -0.25) is 9.08 Å². The highest BCUT2D eigenvalue weighted by Crippen LogP contribution is 2.20. The molecule has 23 heavy (non-hydrogen) atoms. The molecular weight excluding hydrogens is 314 g/mol. The first-order valence-electron chi connectivity index (χ1n) is 7.23. The minimum absolute atomic E-state index is 0.0189. The van der Waals surface area contributed by atoms with E-state index in [4.69, 9.17) is 4.28 Å². The van der Waals surface area contributed by atoms with E-state index in [1.807, 2.05) is 13.8 Å². The van der Waals surface area contributed by atoms with Crippen molar-refractivity contribution in [2.75, 3.05) is 0 Å². The summed E-state index contributed by atoms with van der Waals surface area (Å²) in [6.07, 6.45) is 3.02. The number of rotatable bonds is 4. The number of aryl methyl sites for hydroxylation is 1. The molecule has 1 aromatic rings. The highest BCUT2D eigenvalue weighted by atomic mass is 32.2. The van der Waals surface area contributed by atoms with Gasteiger partial charge in [0.25, 0.3) is 0 Å². The van der Waals surface area contributed by atoms with Crippen LogP contribution < -0.4 is 0 Å². The molecule has 0 radical (unpaired) electrons. The molecule has 122 valence electrons. The summed E-state index contributed by atoms with van der Waals surface area (Å²) in [4.78, 5) is 11.9. The maximum atomic E-state index is 12.2. The molecular formula is C17H19NO4S. The summed E-state index contributed by atoms with van der Waals surface area (Å²) < 4.78 is 29.2. The van der Waals surface area contributed by atoms with Crippen molar-refractivity contribution in [2.45, 2.75) is 32.6 Å². The second-order valence-corrected chi connectivity index (χ2v) is 7.30. The Bertz CT molecular complexity index is 830. The van der Waals surface area contributed by atoms with Crippen molar-refractivity contribution in [2.24, 2.45) is 11.1 Å². The Labute approximate surface area is 136 Å². The van der Waals surface area contributed by atoms with Crippen molar-refractivity contribution in [3.05, 3.63) is 53.1 Å². The molecule has 1 aliphatic carbocycles. The van der Waals surface area contributed by atoms with Crippen LogP contribution in [-0.2, 0) is 19.2 Å². The molecule has 0 spiro atoms. The highest BCUT2D eigenvalue weighted by molar-refractivity contribution is 7.86. The number of carbonyl (C=O) groups excluding carboxylic acids is 1. The summed E-state index contributed by atoms with van der Waals surface area (Å²) in [5.74, 6) is -0.0663. The SMILES string of the molecule is CC1=CC(=O)C(C(C)C)=C/C1=N/OS(=O)(=O)c1cccc(C)c1. The van der Waals surface area contributed by atoms with Crippen LogP contribution in [0, 0.1) is 12.8 Å². The van der Waals surface area contributed by atoms with Gasteiger partial charge in [-0.2, -0.15) is 8.42 Å². The first-order chi connectivity index (χ1) is 10.7. The molecule has 5 nitrogen and oxygen atoms in total. The predicted molar refractivity (Wildman–Crippen MR) is 88.6 cm³/mol. The third-order valence-electron chi connectivity index (χ3n) is 3.46. The summed E-state index contributed by atoms with van der Waals surface area (Å²) >= 11 is 0. The number of oxime groups is 1. The number of ketones is 1. The minimum atomic E-state index is -3.99. The van der Waals surface area contributed by atoms with Crippen molar-refractivity contribution in [1.29, 1.82) is 0 Å². The van der Waals surface area contributed by atoms with Crippen LogP contribution in [0.25, 0.3) is 0 Å². The molecule has 0 unspecified atom stereocenters. The molecule has 0 N–H and O–H groups in total. The summed E-state index contributed by atoms with van der Waals surface area (Å²) in [5.41, 5.74) is 2.29. The number of hydrogen-bond donors (Lipinski definition) is 0. The largest absolute Gasteiger partial charge is 0.358 e. The summed E-state index contributed by atoms with van der Waals surface area (Å²) in [6.45, 7) is 7.26. The van der Waals surface area contributed by atoms with Gasteiger partial charge >= 0.3 is 10.1 Å². The number of nitrogens with zero attached hydrogens (tertiary/aromatic N) is 1. The highest BCUT2D eigenvalue weighted by Gasteiger charge is 2.21. The normalized spacial score (nSPS) is 17.3. The maximum Gasteiger partial charge on any atom is 0.358 e. The molecule has 0 saturated heterocycles. The van der Waals surface area contributed by atoms with E-state index in [0.717, 1.165) is 5.56 Å². The Morgan fingerprint density at radius 1 is 1.13 bits per heavy atom. The molecule has 0 heterocycles. The molecule has 6 heteroatoms. The Kier molecular flexibility index (Phi) is 4.85. The summed E-state index contributed by atoms with van der Waals surface area (Å²) in [6, 6.07) is 6.39. The average molecular weight is 333 g/mol. The molecule has 0 aliphatic heterocycles. The van der Waals surface area contributed by atoms with E-state index >= 15 is 0 Å². The molecule has 1 aliphatic rings. The molecule has 0 fully saturated rings. The monoisotopic (exact) mass is 333 g/mol. The van der Waals surface area contributed by atoms with E-state index in [1.54, 1.807) is 32.1 Å². The second kappa shape index (κ2) is 6.50. The lowest BCUT2D eigenvalue weighted by atomic mass is 9.90. The van der Waals surface area contributed by atoms with Gasteiger partial charge in [-0.05, 0) is 55.2 Å². The van der Waals surface area contributed by atoms with E-state index in [9.17, 15) is 13.2 Å². The maximum absolute atomic E-state index is 12.2. The van der Waals surface area contributed by atoms with Gasteiger partial charge in [-0.15, -0.1) is 0 Å². The summed E-state index contributed by atoms with van der Waals surface area (Å²) in [7, 11) is -3.99. The van der Waals surface area contributed by atoms with Crippen LogP contribution in [0.4, 0.5) is 0 Å². The molecule has 2 rings (SSSR count). The standard InChI is InChI=1S/C17H19NO4S/c1-11(2)15-10-16(13(4)9-17(15)19)18-22-23(20,21)14-7-5-6-12(3)8-14/h5-11H,1-4H3/b18-16-. The van der Waals surface area contributed by atoms with E-state index in [1.165, 1.54) is 18.2 Å². The number of carbonyl (C=O) groups is 1. The number of allylic oxidation sites excluding steroid dienone is 4. The van der Waals surface area contributed by atoms with Crippen LogP contribution in [0.3, 0.4) is 0 Å². The fraction of sp³-hybridized carbons (Fsp3) is 0.294. The lowest BCUT2D eigenvalue weighted by molar-refractivity contribution is -0.111. The molecule has 0 bridgehead atoms. The van der Waals surface area contributed by atoms with E-state index in [2.05, 4.69) is 5.16 Å². The van der Waals surface area contributed by atoms with Gasteiger partial charge in [-0.25, -0.2) is 0 Å². The zero-order valence-corrected chi connectivity index (χ0v) is 14.3. The quantitative estimate of drug-likeness (QED) is 0.627. The number of hydrogen-bond acceptors (Lipinski definition) is 5. The first kappa shape index (κ1) is 17.1. The van der Waals surface area contributed by atoms with E-state index in [-0.39, 0.29) is 16.6 Å². The Balaban J connectivity index is 2.32. The van der Waals surface area contributed by atoms with Crippen molar-refractivity contribution < 1.29 is 17.5 Å². The third kappa shape index (κ3) is 3.96. The van der Waals surface area contributed by atoms with Gasteiger partial charge in [0.05, 0.1) is 0 Å². The van der Waals surface area contributed by atoms with Crippen LogP contribution >= 0.6 is 0 Å². The van der Waals surface area contributed by atoms with Gasteiger partial charge in [-0.1, -0.05) is 31.1 Å². The third-order valence-corrected chi connectivity index (χ3v) is 4.56. The topological polar surface area (TPSA) is 72.8 Å². The van der Waals surface area contributed by atoms with Crippen LogP contribution in [0.15, 0.2) is 57.6 Å². The van der Waals surface area contributed by atoms with Gasteiger partial charge in [0, 0.05) is 5.57 Å². The summed E-state index contributed by atoms with van der Waals surface area (Å²) in [5, 5.41) is 3.74. The zero-order valence-electron chi connectivity index (χ0n) is 13.5. The smallest absolute Gasteiger partial charge is 0.290 e. The molecule has 0 saturated carbocycles. The average Bonchev–Trinajstić information content (AvgIpc) is 2.46. The van der Waals surface area contributed by atoms with Crippen LogP contribution in [0.5, 0.6) is 0 Å². The zero-order chi connectivity index (χ0) is 17.2. The van der Waals surface area contributed by atoms with Gasteiger partial charge in [0.1, 0.15) is 10.6 Å². The molecule has 0 amide bonds. The van der Waals surface area contributed by atoms with E-state index in [0.29, 0.717) is 16.9 Å². The van der Waals surface area contributed by atoms with Crippen molar-refractivity contribution >= 4 is 21.6 Å². The fourth-order valence-electron chi connectivity index (χ4n) is 2.14. The van der Waals surface area contributed by atoms with Crippen molar-refractivity contribution in [3.63, 3.8) is 0 Å². The van der Waals surface area contributed by atoms with Gasteiger partial charge in [0.2, 0.25) is 0 Å². The second-order valence-electron chi connectivity index (χ2n) is 5.77. The lowest BCUT2D eigenvalue weighted by Gasteiger charge is -2.14. The lowest BCUT2D eigenvalue weighted by Crippen LogP contribution is -2.16. The number of benzene rings is 1. The Hall–Kier alpha value is -2.21. The van der Waals surface area contributed by atoms with Crippen LogP contribution in [-0.4, -0.2) is 19.9 Å². The Morgan fingerprint density at radius 2 is 1.83 bits per heavy atom. The van der Waals surface area contributed by atoms with Crippen LogP contribution in [0.2, 0.25) is 0 Å². The fourth-order valence-corrected chi connectivity index (χ4v) is 2.98. The molecule has 1 aromatic carbocycles. The van der Waals surface area contributed by atoms with Gasteiger partial charge in [0.15, 0.2) is 5.78 Å². The first-order valence-corrected chi connectivity index (χ1v) is 8.64. The van der Waals surface area contributed by atoms with Crippen LogP contribution in [0.1, 0.15) is 26.3 Å². The van der Waals surface area contributed by atoms with Crippen molar-refractivity contribution in [1.82, 2.24) is 0 Å².